The van der Waals surface area contributed by atoms with Gasteiger partial charge in [-0.25, -0.2) is 0 Å². The lowest BCUT2D eigenvalue weighted by molar-refractivity contribution is -0.139. The molecule has 16 heteroatoms. The third-order valence-corrected chi connectivity index (χ3v) is 13.3. The minimum Gasteiger partial charge on any atom is -0.346 e. The van der Waals surface area contributed by atoms with Crippen molar-refractivity contribution in [1.82, 2.24) is 21.3 Å². The van der Waals surface area contributed by atoms with Crippen molar-refractivity contribution in [1.29, 1.82) is 0 Å². The lowest BCUT2D eigenvalue weighted by atomic mass is 9.75. The number of rotatable bonds is 27. The second kappa shape index (κ2) is 29.7. The maximum absolute atomic E-state index is 13.7. The van der Waals surface area contributed by atoms with Crippen LogP contribution < -0.4 is 21.3 Å². The van der Waals surface area contributed by atoms with E-state index in [4.69, 9.17) is 0 Å². The van der Waals surface area contributed by atoms with E-state index in [-0.39, 0.29) is 116 Å². The van der Waals surface area contributed by atoms with Crippen LogP contribution in [0, 0.1) is 49.7 Å². The second-order valence-electron chi connectivity index (χ2n) is 31.5. The molecule has 460 valence electrons. The monoisotopic (exact) mass is 1130 g/mol. The summed E-state index contributed by atoms with van der Waals surface area (Å²) in [5.41, 5.74) is -6.21. The van der Waals surface area contributed by atoms with E-state index < -0.39 is 96.8 Å². The Morgan fingerprint density at radius 1 is 0.300 bits per heavy atom. The van der Waals surface area contributed by atoms with Gasteiger partial charge in [-0.3, -0.25) is 57.5 Å². The van der Waals surface area contributed by atoms with Gasteiger partial charge in [0.2, 0.25) is 11.8 Å². The Bertz CT molecular complexity index is 2230. The van der Waals surface area contributed by atoms with E-state index in [1.165, 1.54) is 0 Å². The maximum atomic E-state index is 13.7. The molecule has 0 aromatic rings. The number of ketones is 10. The molecule has 0 rings (SSSR count). The van der Waals surface area contributed by atoms with Crippen molar-refractivity contribution in [2.45, 2.75) is 287 Å². The number of Topliss-reactive ketones (excluding diaryl/α,β-unsaturated/α-hetero) is 10. The standard InChI is InChI=1S/C33H58N2O6.C31H54N2O6/c1-29(2,3)24(37)17-20(27(40)31(7,8)9)16-23(36)21(35-33(13,14)15)19-26(39)34-22(28(41)32(10,11)12)18-25(38)30(4,5)6;1-14-20(34)17-21(33-31(11,12)13)23(35)15-19(16-24(36)28(2,3)4)27(39)32-22(26(38)30(8,9)10)18-25(37)29(5,6)7/h20-22,35H,16-19H2,1-15H3,(H,34,39);19,21-22,33H,14-18H2,1-13H3,(H,32,39). The lowest BCUT2D eigenvalue weighted by Crippen LogP contribution is -2.53. The summed E-state index contributed by atoms with van der Waals surface area (Å²) in [4.78, 5) is 158. The highest BCUT2D eigenvalue weighted by molar-refractivity contribution is 6.02. The molecule has 0 bridgehead atoms. The van der Waals surface area contributed by atoms with Crippen LogP contribution in [0.5, 0.6) is 0 Å². The van der Waals surface area contributed by atoms with Gasteiger partial charge in [0.1, 0.15) is 34.7 Å². The Morgan fingerprint density at radius 2 is 0.588 bits per heavy atom. The van der Waals surface area contributed by atoms with E-state index >= 15 is 0 Å². The fourth-order valence-corrected chi connectivity index (χ4v) is 8.04. The molecule has 0 heterocycles. The SMILES string of the molecule is CC(C)(C)NC(CC(=O)NC(CC(=O)C(C)(C)C)C(=O)C(C)(C)C)C(=O)CC(CC(=O)C(C)(C)C)C(=O)C(C)(C)C.CCC(=O)CC(NC(C)(C)C)C(=O)CC(CC(=O)C(C)(C)C)C(=O)NC(CC(=O)C(C)(C)C)C(=O)C(C)(C)C. The smallest absolute Gasteiger partial charge is 0.224 e. The van der Waals surface area contributed by atoms with Crippen LogP contribution in [0.3, 0.4) is 0 Å². The van der Waals surface area contributed by atoms with Crippen LogP contribution in [-0.2, 0) is 57.5 Å². The normalized spacial score (nSPS) is 15.3. The van der Waals surface area contributed by atoms with E-state index in [9.17, 15) is 57.5 Å². The van der Waals surface area contributed by atoms with Gasteiger partial charge in [0, 0.05) is 113 Å². The summed E-state index contributed by atoms with van der Waals surface area (Å²) in [6.45, 7) is 49.7. The van der Waals surface area contributed by atoms with Crippen molar-refractivity contribution in [2.24, 2.45) is 49.7 Å². The first-order valence-corrected chi connectivity index (χ1v) is 28.7. The summed E-state index contributed by atoms with van der Waals surface area (Å²) in [6, 6.07) is -3.89. The molecular formula is C64H112N4O12. The molecule has 0 saturated heterocycles. The highest BCUT2D eigenvalue weighted by Crippen LogP contribution is 2.31. The number of hydrogen-bond acceptors (Lipinski definition) is 14. The molecule has 6 unspecified atom stereocenters. The molecule has 0 aliphatic heterocycles. The van der Waals surface area contributed by atoms with Gasteiger partial charge < -0.3 is 21.3 Å². The van der Waals surface area contributed by atoms with Crippen LogP contribution in [0.25, 0.3) is 0 Å². The van der Waals surface area contributed by atoms with Crippen molar-refractivity contribution in [2.75, 3.05) is 0 Å². The summed E-state index contributed by atoms with van der Waals surface area (Å²) >= 11 is 0. The Hall–Kier alpha value is -4.44. The van der Waals surface area contributed by atoms with Crippen molar-refractivity contribution in [3.8, 4) is 0 Å². The number of nitrogens with one attached hydrogen (secondary N) is 4. The summed E-state index contributed by atoms with van der Waals surface area (Å²) in [6.07, 6.45) is -1.07. The van der Waals surface area contributed by atoms with Gasteiger partial charge in [0.25, 0.3) is 0 Å². The number of hydrogen-bond donors (Lipinski definition) is 4. The fourth-order valence-electron chi connectivity index (χ4n) is 8.04. The van der Waals surface area contributed by atoms with Crippen LogP contribution >= 0.6 is 0 Å². The van der Waals surface area contributed by atoms with Crippen molar-refractivity contribution in [3.05, 3.63) is 0 Å². The first kappa shape index (κ1) is 77.6. The Labute approximate surface area is 483 Å². The zero-order valence-electron chi connectivity index (χ0n) is 55.2. The van der Waals surface area contributed by atoms with Gasteiger partial charge >= 0.3 is 0 Å². The molecular weight excluding hydrogens is 1020 g/mol. The van der Waals surface area contributed by atoms with Crippen LogP contribution in [0.1, 0.15) is 252 Å². The second-order valence-corrected chi connectivity index (χ2v) is 31.5. The Morgan fingerprint density at radius 3 is 0.887 bits per heavy atom. The van der Waals surface area contributed by atoms with Crippen molar-refractivity contribution >= 4 is 69.6 Å². The first-order chi connectivity index (χ1) is 35.3. The topological polar surface area (TPSA) is 253 Å². The molecule has 6 atom stereocenters. The van der Waals surface area contributed by atoms with E-state index in [1.54, 1.807) is 152 Å². The van der Waals surface area contributed by atoms with Crippen LogP contribution in [0.15, 0.2) is 0 Å². The molecule has 80 heavy (non-hydrogen) atoms. The minimum absolute atomic E-state index is 0.0145. The van der Waals surface area contributed by atoms with Gasteiger partial charge in [-0.2, -0.15) is 0 Å². The summed E-state index contributed by atoms with van der Waals surface area (Å²) < 4.78 is 0. The predicted octanol–water partition coefficient (Wildman–Crippen LogP) is 10.2. The lowest BCUT2D eigenvalue weighted by Gasteiger charge is -2.31. The largest absolute Gasteiger partial charge is 0.346 e. The number of carbonyl (C=O) groups is 12. The highest BCUT2D eigenvalue weighted by Gasteiger charge is 2.41. The number of amides is 2. The molecule has 0 spiro atoms. The molecule has 0 aliphatic rings. The Kier molecular flexibility index (Phi) is 28.8. The minimum atomic E-state index is -1.09. The van der Waals surface area contributed by atoms with Crippen molar-refractivity contribution < 1.29 is 57.5 Å². The maximum Gasteiger partial charge on any atom is 0.224 e. The molecule has 0 saturated carbocycles. The fraction of sp³-hybridized carbons (Fsp3) is 0.812. The van der Waals surface area contributed by atoms with Crippen LogP contribution in [0.2, 0.25) is 0 Å². The van der Waals surface area contributed by atoms with Gasteiger partial charge in [0.15, 0.2) is 23.1 Å². The molecule has 0 radical (unpaired) electrons. The zero-order valence-corrected chi connectivity index (χ0v) is 55.2. The van der Waals surface area contributed by atoms with E-state index in [2.05, 4.69) is 21.3 Å². The van der Waals surface area contributed by atoms with Gasteiger partial charge in [-0.1, -0.05) is 152 Å². The van der Waals surface area contributed by atoms with Gasteiger partial charge in [0.05, 0.1) is 30.1 Å². The molecule has 0 fully saturated rings. The predicted molar refractivity (Wildman–Crippen MR) is 318 cm³/mol. The summed E-state index contributed by atoms with van der Waals surface area (Å²) in [5.74, 6) is -5.25. The Balaban J connectivity index is 0. The molecule has 0 aliphatic carbocycles. The third kappa shape index (κ3) is 30.0. The third-order valence-electron chi connectivity index (χ3n) is 13.3. The molecule has 0 aromatic heterocycles. The quantitative estimate of drug-likeness (QED) is 0.0597. The average molecular weight is 1130 g/mol. The molecule has 4 N–H and O–H groups in total. The molecule has 16 nitrogen and oxygen atoms in total. The summed E-state index contributed by atoms with van der Waals surface area (Å²) in [5, 5.41) is 11.8. The van der Waals surface area contributed by atoms with Gasteiger partial charge in [-0.15, -0.1) is 0 Å². The van der Waals surface area contributed by atoms with Crippen LogP contribution in [-0.4, -0.2) is 105 Å². The van der Waals surface area contributed by atoms with E-state index in [0.29, 0.717) is 0 Å². The zero-order chi connectivity index (χ0) is 64.1. The first-order valence-electron chi connectivity index (χ1n) is 28.7. The van der Waals surface area contributed by atoms with E-state index in [0.717, 1.165) is 0 Å². The van der Waals surface area contributed by atoms with Gasteiger partial charge in [-0.05, 0) is 41.5 Å². The molecule has 2 amide bonds. The van der Waals surface area contributed by atoms with Crippen molar-refractivity contribution in [3.63, 3.8) is 0 Å². The number of carbonyl (C=O) groups excluding carboxylic acids is 12. The van der Waals surface area contributed by atoms with Crippen LogP contribution in [0.4, 0.5) is 0 Å². The summed E-state index contributed by atoms with van der Waals surface area (Å²) in [7, 11) is 0. The average Bonchev–Trinajstić information content (AvgIpc) is 3.23. The van der Waals surface area contributed by atoms with E-state index in [1.807, 2.05) is 41.5 Å². The molecule has 0 aromatic carbocycles. The highest BCUT2D eigenvalue weighted by atomic mass is 16.2.